The first-order valence-electron chi connectivity index (χ1n) is 36.4. The van der Waals surface area contributed by atoms with Gasteiger partial charge < -0.3 is 0 Å². The average Bonchev–Trinajstić information content (AvgIpc) is 0.983. The number of aromatic nitrogens is 3. The molecule has 2 aliphatic carbocycles. The maximum absolute atomic E-state index is 5.31. The Bertz CT molecular complexity index is 6880. The molecular weight excluding hydrogens is 1280 g/mol. The third-order valence-corrected chi connectivity index (χ3v) is 23.7. The number of rotatable bonds is 9. The second kappa shape index (κ2) is 24.0. The molecule has 2 unspecified atom stereocenters. The van der Waals surface area contributed by atoms with Crippen LogP contribution in [0.25, 0.3) is 204 Å². The molecule has 16 aromatic carbocycles. The van der Waals surface area contributed by atoms with Gasteiger partial charge in [0.2, 0.25) is 0 Å². The zero-order valence-corrected chi connectivity index (χ0v) is 58.4. The molecule has 2 atom stereocenters. The second-order valence-corrected chi connectivity index (χ2v) is 29.9. The monoisotopic (exact) mass is 1340 g/mol. The van der Waals surface area contributed by atoms with E-state index in [1.807, 2.05) is 17.5 Å². The van der Waals surface area contributed by atoms with Crippen LogP contribution in [0.2, 0.25) is 0 Å². The molecule has 0 amide bonds. The highest BCUT2D eigenvalue weighted by atomic mass is 32.1. The molecule has 0 radical (unpaired) electrons. The van der Waals surface area contributed by atoms with E-state index in [9.17, 15) is 0 Å². The highest BCUT2D eigenvalue weighted by Crippen LogP contribution is 2.51. The van der Waals surface area contributed by atoms with Gasteiger partial charge in [0.15, 0.2) is 0 Å². The van der Waals surface area contributed by atoms with Crippen molar-refractivity contribution >= 4 is 120 Å². The Hall–Kier alpha value is -12.6. The Kier molecular flexibility index (Phi) is 13.9. The summed E-state index contributed by atoms with van der Waals surface area (Å²) in [5.41, 5.74) is 22.5. The third kappa shape index (κ3) is 9.77. The van der Waals surface area contributed by atoms with Gasteiger partial charge in [-0.05, 0) is 244 Å². The van der Waals surface area contributed by atoms with Gasteiger partial charge in [0.05, 0.1) is 21.8 Å². The zero-order valence-electron chi connectivity index (χ0n) is 57.6. The summed E-state index contributed by atoms with van der Waals surface area (Å²) >= 11 is 1.92. The van der Waals surface area contributed by atoms with Gasteiger partial charge in [-0.1, -0.05) is 275 Å². The Balaban J connectivity index is 0.679. The van der Waals surface area contributed by atoms with E-state index in [0.717, 1.165) is 58.0 Å². The molecule has 19 aromatic rings. The first-order valence-corrected chi connectivity index (χ1v) is 37.2. The Labute approximate surface area is 607 Å². The molecule has 0 fully saturated rings. The van der Waals surface area contributed by atoms with Crippen molar-refractivity contribution in [2.75, 3.05) is 0 Å². The summed E-state index contributed by atoms with van der Waals surface area (Å²) < 4.78 is 3.64. The molecule has 3 aromatic heterocycles. The lowest BCUT2D eigenvalue weighted by molar-refractivity contribution is 0.719. The van der Waals surface area contributed by atoms with Crippen LogP contribution in [0.5, 0.6) is 0 Å². The van der Waals surface area contributed by atoms with Crippen LogP contribution in [0.4, 0.5) is 0 Å². The SMILES string of the molecule is CC1C=Cc2c(sc3c(-c4ccc5c(-c6ccc7c(-c8ccc9cc(-c%10c%11ccccc%11c(-c%11ccc%12ccccc%12c%11)c%11ccc(-c%12ccc(-c%13nc%14c(n%13-c%13ccccc%13)C(C)CC=C%14)cc%12)cc%10%11)ccc9c8)cccc7c6)c6ccccc6c(-c6ccc7ccccc7c6)c5c4)nccc23)C1. The van der Waals surface area contributed by atoms with E-state index in [1.54, 1.807) is 0 Å². The average molecular weight is 1340 g/mol. The van der Waals surface area contributed by atoms with Crippen LogP contribution < -0.4 is 0 Å². The normalized spacial score (nSPS) is 14.3. The van der Waals surface area contributed by atoms with E-state index < -0.39 is 0 Å². The third-order valence-electron chi connectivity index (χ3n) is 22.5. The number of pyridine rings is 1. The van der Waals surface area contributed by atoms with Crippen molar-refractivity contribution in [3.05, 3.63) is 343 Å². The smallest absolute Gasteiger partial charge is 0.145 e. The number of allylic oxidation sites excluding steroid dienone is 2. The summed E-state index contributed by atoms with van der Waals surface area (Å²) in [5, 5.41) is 20.8. The van der Waals surface area contributed by atoms with Crippen molar-refractivity contribution in [1.29, 1.82) is 0 Å². The van der Waals surface area contributed by atoms with Gasteiger partial charge >= 0.3 is 0 Å². The maximum atomic E-state index is 5.31. The summed E-state index contributed by atoms with van der Waals surface area (Å²) in [6.07, 6.45) is 13.2. The number of fused-ring (bicyclic) bond motifs is 12. The van der Waals surface area contributed by atoms with E-state index in [-0.39, 0.29) is 0 Å². The van der Waals surface area contributed by atoms with Gasteiger partial charge in [-0.25, -0.2) is 4.98 Å². The predicted molar refractivity (Wildman–Crippen MR) is 444 cm³/mol. The molecule has 0 spiro atoms. The van der Waals surface area contributed by atoms with Crippen molar-refractivity contribution in [3.8, 4) is 95.1 Å². The quantitative estimate of drug-likeness (QED) is 0.135. The van der Waals surface area contributed by atoms with Crippen LogP contribution in [-0.4, -0.2) is 14.5 Å². The maximum Gasteiger partial charge on any atom is 0.145 e. The Morgan fingerprint density at radius 3 is 1.47 bits per heavy atom. The molecule has 21 rings (SSSR count). The molecule has 3 nitrogen and oxygen atoms in total. The van der Waals surface area contributed by atoms with Crippen molar-refractivity contribution in [2.45, 2.75) is 32.6 Å². The lowest BCUT2D eigenvalue weighted by Crippen LogP contribution is -2.07. The summed E-state index contributed by atoms with van der Waals surface area (Å²) in [5.74, 6) is 1.84. The van der Waals surface area contributed by atoms with E-state index in [0.29, 0.717) is 11.8 Å². The fourth-order valence-corrected chi connectivity index (χ4v) is 19.0. The number of hydrogen-bond donors (Lipinski definition) is 0. The van der Waals surface area contributed by atoms with Crippen LogP contribution in [0, 0.1) is 5.92 Å². The van der Waals surface area contributed by atoms with Crippen molar-refractivity contribution in [2.24, 2.45) is 5.92 Å². The number of hydrogen-bond acceptors (Lipinski definition) is 3. The summed E-state index contributed by atoms with van der Waals surface area (Å²) in [6, 6.07) is 114. The number of para-hydroxylation sites is 1. The molecule has 0 bridgehead atoms. The second-order valence-electron chi connectivity index (χ2n) is 28.8. The number of benzene rings is 16. The minimum atomic E-state index is 0.355. The first-order chi connectivity index (χ1) is 51.3. The largest absolute Gasteiger partial charge is 0.296 e. The lowest BCUT2D eigenvalue weighted by atomic mass is 9.84. The van der Waals surface area contributed by atoms with Crippen molar-refractivity contribution in [3.63, 3.8) is 0 Å². The number of thiophene rings is 1. The summed E-state index contributed by atoms with van der Waals surface area (Å²) in [7, 11) is 0. The van der Waals surface area contributed by atoms with Crippen LogP contribution in [0.15, 0.2) is 322 Å². The first kappa shape index (κ1) is 60.2. The van der Waals surface area contributed by atoms with Crippen LogP contribution in [0.1, 0.15) is 48.0 Å². The fraction of sp³-hybridized carbons (Fsp3) is 0.0600. The van der Waals surface area contributed by atoms with Gasteiger partial charge in [-0.3, -0.25) is 9.55 Å². The van der Waals surface area contributed by atoms with Gasteiger partial charge in [-0.15, -0.1) is 11.3 Å². The van der Waals surface area contributed by atoms with Gasteiger partial charge in [-0.2, -0.15) is 0 Å². The highest BCUT2D eigenvalue weighted by Gasteiger charge is 2.27. The topological polar surface area (TPSA) is 30.7 Å². The molecule has 4 heteroatoms. The molecular formula is C100H67N3S. The molecule has 3 heterocycles. The summed E-state index contributed by atoms with van der Waals surface area (Å²) in [6.45, 7) is 4.63. The fourth-order valence-electron chi connectivity index (χ4n) is 17.5. The molecule has 2 aliphatic rings. The Morgan fingerprint density at radius 2 is 0.827 bits per heavy atom. The molecule has 0 N–H and O–H groups in total. The predicted octanol–water partition coefficient (Wildman–Crippen LogP) is 27.8. The van der Waals surface area contributed by atoms with E-state index in [2.05, 4.69) is 346 Å². The molecule has 0 saturated carbocycles. The lowest BCUT2D eigenvalue weighted by Gasteiger charge is -2.20. The zero-order chi connectivity index (χ0) is 68.7. The molecule has 0 saturated heterocycles. The van der Waals surface area contributed by atoms with E-state index in [1.165, 1.54) is 168 Å². The van der Waals surface area contributed by atoms with Gasteiger partial charge in [0.1, 0.15) is 5.82 Å². The molecule has 0 aliphatic heterocycles. The number of imidazole rings is 1. The molecule has 488 valence electrons. The van der Waals surface area contributed by atoms with Crippen LogP contribution >= 0.6 is 11.3 Å². The summed E-state index contributed by atoms with van der Waals surface area (Å²) in [4.78, 5) is 12.0. The Morgan fingerprint density at radius 1 is 0.356 bits per heavy atom. The van der Waals surface area contributed by atoms with Crippen molar-refractivity contribution in [1.82, 2.24) is 14.5 Å². The van der Waals surface area contributed by atoms with Crippen LogP contribution in [0.3, 0.4) is 0 Å². The van der Waals surface area contributed by atoms with Crippen molar-refractivity contribution < 1.29 is 0 Å². The standard InChI is InChI=1S/C100H67N3S/c1-60-30-46-81-88-50-51-101-97(99(88)104-92(81)52-60)77-45-49-87-90(59-77)96(74-41-34-63-18-7-9-20-67(63)55-74)85-27-13-11-25-83(85)94(87)76-44-47-80-71(57-76)21-15-28-79(80)72-39-37-69-56-75(42-38-68(69)53-72)95-84-26-12-10-24-82(84)93(73-40-33-62-17-6-8-19-66(62)54-73)86-48-43-70(58-89(86)95)64-31-35-65(36-32-64)100-102-91-29-14-16-61(2)98(91)103(100)78-22-4-3-5-23-78/h3-15,17-51,53-61H,16,52H2,1-2H3. The van der Waals surface area contributed by atoms with E-state index >= 15 is 0 Å². The van der Waals surface area contributed by atoms with Gasteiger partial charge in [0, 0.05) is 39.2 Å². The highest BCUT2D eigenvalue weighted by molar-refractivity contribution is 7.20. The minimum Gasteiger partial charge on any atom is -0.296 e. The van der Waals surface area contributed by atoms with Crippen LogP contribution in [-0.2, 0) is 6.42 Å². The van der Waals surface area contributed by atoms with E-state index in [4.69, 9.17) is 9.97 Å². The van der Waals surface area contributed by atoms with Gasteiger partial charge in [0.25, 0.3) is 0 Å². The molecule has 104 heavy (non-hydrogen) atoms. The number of nitrogens with zero attached hydrogens (tertiary/aromatic N) is 3. The minimum absolute atomic E-state index is 0.355.